The average molecular weight is 492 g/mol. The molecule has 2 aromatic carbocycles. The fraction of sp³-hybridized carbons (Fsp3) is 0.160. The maximum absolute atomic E-state index is 13.2. The number of nitrogens with zero attached hydrogens (tertiary/aromatic N) is 2. The first-order chi connectivity index (χ1) is 15.2. The number of urea groups is 1. The second kappa shape index (κ2) is 8.24. The highest BCUT2D eigenvalue weighted by molar-refractivity contribution is 9.10. The number of halogens is 1. The number of benzene rings is 2. The summed E-state index contributed by atoms with van der Waals surface area (Å²) in [5, 5.41) is 2.27. The SMILES string of the molecule is Cc1ccc(C)c(-n2c(C)cc(/C=C3\C(=O)NC(=O)N(c4ccc(Br)cc4)C3=O)c2C)c1. The summed E-state index contributed by atoms with van der Waals surface area (Å²) in [5.74, 6) is -1.36. The van der Waals surface area contributed by atoms with Crippen LogP contribution in [0.15, 0.2) is 58.6 Å². The van der Waals surface area contributed by atoms with Gasteiger partial charge in [0.25, 0.3) is 11.8 Å². The maximum Gasteiger partial charge on any atom is 0.335 e. The monoisotopic (exact) mass is 491 g/mol. The molecule has 0 radical (unpaired) electrons. The van der Waals surface area contributed by atoms with E-state index in [4.69, 9.17) is 0 Å². The molecule has 1 saturated heterocycles. The third kappa shape index (κ3) is 3.80. The van der Waals surface area contributed by atoms with E-state index < -0.39 is 17.8 Å². The van der Waals surface area contributed by atoms with Crippen molar-refractivity contribution in [1.82, 2.24) is 9.88 Å². The molecule has 1 aliphatic heterocycles. The standard InChI is InChI=1S/C25H22BrN3O3/c1-14-5-6-15(2)22(11-14)28-16(3)12-18(17(28)4)13-21-23(30)27-25(32)29(24(21)31)20-9-7-19(26)8-10-20/h5-13H,1-4H3,(H,27,30,32)/b21-13+. The molecule has 4 amide bonds. The Labute approximate surface area is 194 Å². The highest BCUT2D eigenvalue weighted by Gasteiger charge is 2.37. The van der Waals surface area contributed by atoms with E-state index in [-0.39, 0.29) is 5.57 Å². The van der Waals surface area contributed by atoms with E-state index in [1.165, 1.54) is 0 Å². The summed E-state index contributed by atoms with van der Waals surface area (Å²) in [6.07, 6.45) is 1.56. The first-order valence-electron chi connectivity index (χ1n) is 10.1. The molecular formula is C25H22BrN3O3. The van der Waals surface area contributed by atoms with Crippen molar-refractivity contribution in [2.45, 2.75) is 27.7 Å². The van der Waals surface area contributed by atoms with Gasteiger partial charge in [-0.25, -0.2) is 9.69 Å². The summed E-state index contributed by atoms with van der Waals surface area (Å²) in [6.45, 7) is 8.02. The predicted molar refractivity (Wildman–Crippen MR) is 128 cm³/mol. The molecule has 0 aliphatic carbocycles. The molecule has 1 N–H and O–H groups in total. The van der Waals surface area contributed by atoms with Crippen molar-refractivity contribution in [3.8, 4) is 5.69 Å². The minimum Gasteiger partial charge on any atom is -0.318 e. The van der Waals surface area contributed by atoms with Crippen LogP contribution in [0.1, 0.15) is 28.1 Å². The van der Waals surface area contributed by atoms with Gasteiger partial charge >= 0.3 is 6.03 Å². The summed E-state index contributed by atoms with van der Waals surface area (Å²) in [6, 6.07) is 14.2. The van der Waals surface area contributed by atoms with Gasteiger partial charge in [-0.2, -0.15) is 0 Å². The van der Waals surface area contributed by atoms with Gasteiger partial charge in [0.2, 0.25) is 0 Å². The molecule has 1 fully saturated rings. The minimum absolute atomic E-state index is 0.0891. The Bertz CT molecular complexity index is 1300. The van der Waals surface area contributed by atoms with Gasteiger partial charge < -0.3 is 4.57 Å². The Morgan fingerprint density at radius 1 is 0.906 bits per heavy atom. The van der Waals surface area contributed by atoms with Crippen LogP contribution in [0.2, 0.25) is 0 Å². The second-order valence-electron chi connectivity index (χ2n) is 7.89. The van der Waals surface area contributed by atoms with Gasteiger partial charge in [0, 0.05) is 21.5 Å². The van der Waals surface area contributed by atoms with Crippen LogP contribution in [0.5, 0.6) is 0 Å². The van der Waals surface area contributed by atoms with Crippen molar-refractivity contribution in [2.75, 3.05) is 4.90 Å². The minimum atomic E-state index is -0.764. The molecule has 0 atom stereocenters. The van der Waals surface area contributed by atoms with Crippen LogP contribution in [-0.4, -0.2) is 22.4 Å². The van der Waals surface area contributed by atoms with Crippen molar-refractivity contribution in [2.24, 2.45) is 0 Å². The number of rotatable bonds is 3. The van der Waals surface area contributed by atoms with Gasteiger partial charge in [-0.3, -0.25) is 14.9 Å². The van der Waals surface area contributed by atoms with Gasteiger partial charge in [0.1, 0.15) is 5.57 Å². The van der Waals surface area contributed by atoms with Crippen LogP contribution in [0.3, 0.4) is 0 Å². The molecule has 2 heterocycles. The molecule has 1 aromatic heterocycles. The number of anilines is 1. The highest BCUT2D eigenvalue weighted by atomic mass is 79.9. The highest BCUT2D eigenvalue weighted by Crippen LogP contribution is 2.28. The lowest BCUT2D eigenvalue weighted by Gasteiger charge is -2.26. The normalized spacial score (nSPS) is 15.5. The lowest BCUT2D eigenvalue weighted by atomic mass is 10.1. The molecule has 6 nitrogen and oxygen atoms in total. The third-order valence-electron chi connectivity index (χ3n) is 5.56. The molecule has 0 saturated carbocycles. The molecule has 1 aliphatic rings. The topological polar surface area (TPSA) is 71.4 Å². The quantitative estimate of drug-likeness (QED) is 0.407. The largest absolute Gasteiger partial charge is 0.335 e. The van der Waals surface area contributed by atoms with E-state index in [1.807, 2.05) is 33.8 Å². The summed E-state index contributed by atoms with van der Waals surface area (Å²) in [4.78, 5) is 39.1. The first kappa shape index (κ1) is 21.8. The number of imide groups is 2. The van der Waals surface area contributed by atoms with E-state index in [1.54, 1.807) is 30.3 Å². The molecule has 4 rings (SSSR count). The molecule has 3 aromatic rings. The number of barbiturate groups is 1. The molecule has 0 bridgehead atoms. The van der Waals surface area contributed by atoms with Crippen LogP contribution in [-0.2, 0) is 9.59 Å². The van der Waals surface area contributed by atoms with E-state index in [9.17, 15) is 14.4 Å². The summed E-state index contributed by atoms with van der Waals surface area (Å²) < 4.78 is 2.93. The van der Waals surface area contributed by atoms with Crippen LogP contribution in [0.25, 0.3) is 11.8 Å². The predicted octanol–water partition coefficient (Wildman–Crippen LogP) is 5.14. The van der Waals surface area contributed by atoms with E-state index in [0.717, 1.165) is 43.1 Å². The Morgan fingerprint density at radius 2 is 1.59 bits per heavy atom. The number of aromatic nitrogens is 1. The Hall–Kier alpha value is -3.45. The summed E-state index contributed by atoms with van der Waals surface area (Å²) in [5.41, 5.74) is 6.23. The van der Waals surface area contributed by atoms with Crippen molar-refractivity contribution in [3.63, 3.8) is 0 Å². The molecule has 32 heavy (non-hydrogen) atoms. The van der Waals surface area contributed by atoms with E-state index in [0.29, 0.717) is 5.69 Å². The van der Waals surface area contributed by atoms with Crippen molar-refractivity contribution < 1.29 is 14.4 Å². The van der Waals surface area contributed by atoms with Crippen LogP contribution >= 0.6 is 15.9 Å². The van der Waals surface area contributed by atoms with Crippen molar-refractivity contribution in [3.05, 3.63) is 86.7 Å². The van der Waals surface area contributed by atoms with E-state index in [2.05, 4.69) is 44.0 Å². The van der Waals surface area contributed by atoms with Gasteiger partial charge in [-0.05, 0) is 86.9 Å². The van der Waals surface area contributed by atoms with Crippen molar-refractivity contribution >= 4 is 45.5 Å². The van der Waals surface area contributed by atoms with Crippen LogP contribution in [0.4, 0.5) is 10.5 Å². The lowest BCUT2D eigenvalue weighted by molar-refractivity contribution is -0.122. The Morgan fingerprint density at radius 3 is 2.28 bits per heavy atom. The fourth-order valence-electron chi connectivity index (χ4n) is 3.90. The number of hydrogen-bond donors (Lipinski definition) is 1. The van der Waals surface area contributed by atoms with Crippen LogP contribution < -0.4 is 10.2 Å². The molecule has 0 spiro atoms. The number of carbonyl (C=O) groups excluding carboxylic acids is 3. The van der Waals surface area contributed by atoms with Crippen molar-refractivity contribution in [1.29, 1.82) is 0 Å². The summed E-state index contributed by atoms with van der Waals surface area (Å²) in [7, 11) is 0. The Balaban J connectivity index is 1.78. The molecule has 7 heteroatoms. The van der Waals surface area contributed by atoms with Crippen LogP contribution in [0, 0.1) is 27.7 Å². The number of amides is 4. The van der Waals surface area contributed by atoms with Gasteiger partial charge in [-0.1, -0.05) is 28.1 Å². The van der Waals surface area contributed by atoms with Gasteiger partial charge in [0.05, 0.1) is 5.69 Å². The third-order valence-corrected chi connectivity index (χ3v) is 6.09. The summed E-state index contributed by atoms with van der Waals surface area (Å²) >= 11 is 3.34. The number of carbonyl (C=O) groups is 3. The first-order valence-corrected chi connectivity index (χ1v) is 10.9. The molecule has 0 unspecified atom stereocenters. The zero-order valence-corrected chi connectivity index (χ0v) is 19.8. The van der Waals surface area contributed by atoms with Gasteiger partial charge in [-0.15, -0.1) is 0 Å². The smallest absolute Gasteiger partial charge is 0.318 e. The van der Waals surface area contributed by atoms with E-state index >= 15 is 0 Å². The fourth-order valence-corrected chi connectivity index (χ4v) is 4.17. The number of nitrogens with one attached hydrogen (secondary N) is 1. The zero-order valence-electron chi connectivity index (χ0n) is 18.2. The van der Waals surface area contributed by atoms with Gasteiger partial charge in [0.15, 0.2) is 0 Å². The number of hydrogen-bond acceptors (Lipinski definition) is 3. The molecule has 162 valence electrons. The lowest BCUT2D eigenvalue weighted by Crippen LogP contribution is -2.54. The maximum atomic E-state index is 13.2. The molecular weight excluding hydrogens is 470 g/mol. The zero-order chi connectivity index (χ0) is 23.2. The number of aryl methyl sites for hydroxylation is 3. The Kier molecular flexibility index (Phi) is 5.60. The second-order valence-corrected chi connectivity index (χ2v) is 8.80. The average Bonchev–Trinajstić information content (AvgIpc) is 3.01.